The highest BCUT2D eigenvalue weighted by Crippen LogP contribution is 2.25. The molecule has 0 saturated heterocycles. The van der Waals surface area contributed by atoms with Gasteiger partial charge in [0.05, 0.1) is 11.1 Å². The van der Waals surface area contributed by atoms with Gasteiger partial charge in [0.1, 0.15) is 5.69 Å². The van der Waals surface area contributed by atoms with E-state index in [1.165, 1.54) is 36.3 Å². The zero-order chi connectivity index (χ0) is 15.4. The maximum absolute atomic E-state index is 10.7. The number of benzene rings is 1. The van der Waals surface area contributed by atoms with E-state index in [4.69, 9.17) is 4.42 Å². The number of nitrogens with zero attached hydrogens (tertiary/aromatic N) is 5. The van der Waals surface area contributed by atoms with Gasteiger partial charge in [0.2, 0.25) is 0 Å². The number of hydrogen-bond acceptors (Lipinski definition) is 8. The van der Waals surface area contributed by atoms with E-state index < -0.39 is 4.92 Å². The van der Waals surface area contributed by atoms with Crippen LogP contribution in [0.1, 0.15) is 5.56 Å². The summed E-state index contributed by atoms with van der Waals surface area (Å²) in [6, 6.07) is 6.42. The third-order valence-electron chi connectivity index (χ3n) is 2.67. The normalized spacial score (nSPS) is 10.5. The highest BCUT2D eigenvalue weighted by molar-refractivity contribution is 7.98. The van der Waals surface area contributed by atoms with E-state index in [0.29, 0.717) is 16.7 Å². The maximum Gasteiger partial charge on any atom is 0.277 e. The zero-order valence-corrected chi connectivity index (χ0v) is 11.9. The molecule has 0 atom stereocenters. The first-order valence-corrected chi connectivity index (χ1v) is 7.17. The topological polar surface area (TPSA) is 108 Å². The van der Waals surface area contributed by atoms with Crippen LogP contribution in [0.3, 0.4) is 0 Å². The summed E-state index contributed by atoms with van der Waals surface area (Å²) in [7, 11) is 0. The third kappa shape index (κ3) is 3.26. The van der Waals surface area contributed by atoms with Crippen molar-refractivity contribution in [2.24, 2.45) is 0 Å². The van der Waals surface area contributed by atoms with Crippen LogP contribution in [0.2, 0.25) is 0 Å². The van der Waals surface area contributed by atoms with Crippen molar-refractivity contribution in [1.82, 2.24) is 20.2 Å². The zero-order valence-electron chi connectivity index (χ0n) is 11.1. The van der Waals surface area contributed by atoms with Gasteiger partial charge in [-0.1, -0.05) is 23.9 Å². The summed E-state index contributed by atoms with van der Waals surface area (Å²) in [5.74, 6) is 0.777. The van der Waals surface area contributed by atoms with Crippen LogP contribution in [0.5, 0.6) is 0 Å². The Balaban J connectivity index is 1.69. The minimum absolute atomic E-state index is 0.0591. The highest BCUT2D eigenvalue weighted by Gasteiger charge is 2.11. The van der Waals surface area contributed by atoms with Crippen LogP contribution in [-0.4, -0.2) is 25.1 Å². The lowest BCUT2D eigenvalue weighted by molar-refractivity contribution is -0.384. The summed E-state index contributed by atoms with van der Waals surface area (Å²) in [6.45, 7) is 0. The van der Waals surface area contributed by atoms with E-state index in [2.05, 4.69) is 20.2 Å². The molecule has 9 heteroatoms. The summed E-state index contributed by atoms with van der Waals surface area (Å²) in [4.78, 5) is 18.3. The Morgan fingerprint density at radius 3 is 2.95 bits per heavy atom. The molecular weight excluding hydrogens is 306 g/mol. The van der Waals surface area contributed by atoms with Crippen LogP contribution >= 0.6 is 11.8 Å². The van der Waals surface area contributed by atoms with Crippen molar-refractivity contribution in [3.05, 3.63) is 58.5 Å². The molecule has 2 heterocycles. The Bertz CT molecular complexity index is 793. The Labute approximate surface area is 128 Å². The molecule has 2 aromatic heterocycles. The molecule has 3 rings (SSSR count). The summed E-state index contributed by atoms with van der Waals surface area (Å²) < 4.78 is 5.47. The van der Waals surface area contributed by atoms with E-state index in [9.17, 15) is 10.1 Å². The van der Waals surface area contributed by atoms with Gasteiger partial charge in [0, 0.05) is 30.3 Å². The monoisotopic (exact) mass is 315 g/mol. The molecule has 0 spiro atoms. The van der Waals surface area contributed by atoms with Crippen LogP contribution in [-0.2, 0) is 5.75 Å². The van der Waals surface area contributed by atoms with E-state index in [1.807, 2.05) is 0 Å². The maximum atomic E-state index is 10.7. The number of nitro groups is 1. The van der Waals surface area contributed by atoms with Gasteiger partial charge in [-0.2, -0.15) is 0 Å². The lowest BCUT2D eigenvalue weighted by atomic mass is 10.2. The Morgan fingerprint density at radius 2 is 2.18 bits per heavy atom. The number of aromatic nitrogens is 4. The van der Waals surface area contributed by atoms with E-state index in [1.54, 1.807) is 18.3 Å². The number of thioether (sulfide) groups is 1. The van der Waals surface area contributed by atoms with Crippen molar-refractivity contribution in [2.75, 3.05) is 0 Å². The van der Waals surface area contributed by atoms with E-state index in [0.717, 1.165) is 5.56 Å². The van der Waals surface area contributed by atoms with Crippen molar-refractivity contribution in [3.8, 4) is 11.6 Å². The predicted molar refractivity (Wildman–Crippen MR) is 78.0 cm³/mol. The Kier molecular flexibility index (Phi) is 4.05. The van der Waals surface area contributed by atoms with Gasteiger partial charge in [-0.15, -0.1) is 10.2 Å². The lowest BCUT2D eigenvalue weighted by Gasteiger charge is -1.98. The molecule has 8 nitrogen and oxygen atoms in total. The first-order chi connectivity index (χ1) is 10.7. The molecule has 0 aliphatic carbocycles. The fourth-order valence-corrected chi connectivity index (χ4v) is 2.39. The fraction of sp³-hybridized carbons (Fsp3) is 0.0769. The summed E-state index contributed by atoms with van der Waals surface area (Å²) >= 11 is 1.30. The number of hydrogen-bond donors (Lipinski definition) is 0. The summed E-state index contributed by atoms with van der Waals surface area (Å²) in [6.07, 6.45) is 4.62. The van der Waals surface area contributed by atoms with Crippen molar-refractivity contribution in [2.45, 2.75) is 11.0 Å². The molecule has 0 aliphatic heterocycles. The molecule has 1 aromatic carbocycles. The second-order valence-corrected chi connectivity index (χ2v) is 5.11. The average molecular weight is 315 g/mol. The quantitative estimate of drug-likeness (QED) is 0.402. The van der Waals surface area contributed by atoms with Crippen LogP contribution in [0.4, 0.5) is 5.69 Å². The standard InChI is InChI=1S/C13H9N5O3S/c19-18(20)10-3-1-2-9(6-10)8-22-13-17-16-12(21-13)11-7-14-4-5-15-11/h1-7H,8H2. The van der Waals surface area contributed by atoms with Gasteiger partial charge in [-0.25, -0.2) is 4.98 Å². The Hall–Kier alpha value is -2.81. The summed E-state index contributed by atoms with van der Waals surface area (Å²) in [5.41, 5.74) is 1.36. The second-order valence-electron chi connectivity index (χ2n) is 4.18. The SMILES string of the molecule is O=[N+]([O-])c1cccc(CSc2nnc(-c3cnccn3)o2)c1. The van der Waals surface area contributed by atoms with Crippen molar-refractivity contribution in [1.29, 1.82) is 0 Å². The van der Waals surface area contributed by atoms with Crippen LogP contribution in [0.25, 0.3) is 11.6 Å². The largest absolute Gasteiger partial charge is 0.410 e. The minimum atomic E-state index is -0.424. The molecule has 0 bridgehead atoms. The van der Waals surface area contributed by atoms with Crippen LogP contribution < -0.4 is 0 Å². The molecule has 0 amide bonds. The molecule has 0 aliphatic rings. The van der Waals surface area contributed by atoms with Gasteiger partial charge in [-0.3, -0.25) is 15.1 Å². The average Bonchev–Trinajstić information content (AvgIpc) is 3.03. The first kappa shape index (κ1) is 14.1. The van der Waals surface area contributed by atoms with Crippen molar-refractivity contribution in [3.63, 3.8) is 0 Å². The second kappa shape index (κ2) is 6.31. The van der Waals surface area contributed by atoms with E-state index in [-0.39, 0.29) is 11.6 Å². The van der Waals surface area contributed by atoms with Crippen LogP contribution in [0.15, 0.2) is 52.5 Å². The first-order valence-electron chi connectivity index (χ1n) is 6.18. The molecule has 0 radical (unpaired) electrons. The Morgan fingerprint density at radius 1 is 1.27 bits per heavy atom. The number of rotatable bonds is 5. The predicted octanol–water partition coefficient (Wildman–Crippen LogP) is 2.73. The molecule has 0 saturated carbocycles. The molecule has 0 unspecified atom stereocenters. The van der Waals surface area contributed by atoms with Gasteiger partial charge < -0.3 is 4.42 Å². The third-order valence-corrected chi connectivity index (χ3v) is 3.56. The van der Waals surface area contributed by atoms with E-state index >= 15 is 0 Å². The molecule has 110 valence electrons. The smallest absolute Gasteiger partial charge is 0.277 e. The molecular formula is C13H9N5O3S. The van der Waals surface area contributed by atoms with Gasteiger partial charge in [0.25, 0.3) is 16.8 Å². The highest BCUT2D eigenvalue weighted by atomic mass is 32.2. The van der Waals surface area contributed by atoms with Crippen molar-refractivity contribution < 1.29 is 9.34 Å². The minimum Gasteiger partial charge on any atom is -0.410 e. The number of non-ortho nitro benzene ring substituents is 1. The summed E-state index contributed by atoms with van der Waals surface area (Å²) in [5, 5.41) is 18.9. The van der Waals surface area contributed by atoms with Crippen LogP contribution in [0, 0.1) is 10.1 Å². The molecule has 22 heavy (non-hydrogen) atoms. The van der Waals surface area contributed by atoms with Crippen molar-refractivity contribution >= 4 is 17.4 Å². The molecule has 3 aromatic rings. The molecule has 0 N–H and O–H groups in total. The van der Waals surface area contributed by atoms with Gasteiger partial charge >= 0.3 is 0 Å². The van der Waals surface area contributed by atoms with Gasteiger partial charge in [-0.05, 0) is 5.56 Å². The van der Waals surface area contributed by atoms with Gasteiger partial charge in [0.15, 0.2) is 0 Å². The molecule has 0 fully saturated rings. The number of nitro benzene ring substituents is 1. The lowest BCUT2D eigenvalue weighted by Crippen LogP contribution is -1.89. The fourth-order valence-electron chi connectivity index (χ4n) is 1.69.